The number of ether oxygens (including phenoxy) is 1. The number of amides is 4. The Balaban J connectivity index is 1.40. The van der Waals surface area contributed by atoms with E-state index in [2.05, 4.69) is 26.6 Å². The van der Waals surface area contributed by atoms with E-state index in [1.54, 1.807) is 48.5 Å². The molecule has 0 saturated carbocycles. The number of hydrogen-bond donors (Lipinski definition) is 2. The number of aryl methyl sites for hydroxylation is 1. The van der Waals surface area contributed by atoms with Gasteiger partial charge in [0.2, 0.25) is 0 Å². The average Bonchev–Trinajstić information content (AvgIpc) is 3.08. The summed E-state index contributed by atoms with van der Waals surface area (Å²) >= 11 is 3.43. The molecule has 1 saturated heterocycles. The SMILES string of the molecule is Cc1ccc(NC(=O)COc2ccc(C=C3NC(=O)N(c4ccccc4)C3=O)cc2Br)cc1. The van der Waals surface area contributed by atoms with E-state index in [1.807, 2.05) is 37.3 Å². The van der Waals surface area contributed by atoms with Crippen molar-refractivity contribution in [3.05, 3.63) is 94.1 Å². The molecule has 2 N–H and O–H groups in total. The second-order valence-corrected chi connectivity index (χ2v) is 8.21. The molecule has 4 amide bonds. The maximum Gasteiger partial charge on any atom is 0.333 e. The first-order chi connectivity index (χ1) is 15.9. The van der Waals surface area contributed by atoms with Crippen LogP contribution in [-0.4, -0.2) is 24.5 Å². The van der Waals surface area contributed by atoms with Gasteiger partial charge in [0.05, 0.1) is 10.2 Å². The van der Waals surface area contributed by atoms with Crippen LogP contribution in [0.1, 0.15) is 11.1 Å². The molecule has 3 aromatic rings. The summed E-state index contributed by atoms with van der Waals surface area (Å²) in [6.45, 7) is 1.81. The van der Waals surface area contributed by atoms with Crippen molar-refractivity contribution in [2.24, 2.45) is 0 Å². The first-order valence-electron chi connectivity index (χ1n) is 10.1. The third kappa shape index (κ3) is 5.30. The van der Waals surface area contributed by atoms with E-state index < -0.39 is 11.9 Å². The minimum Gasteiger partial charge on any atom is -0.483 e. The van der Waals surface area contributed by atoms with Crippen LogP contribution in [0.4, 0.5) is 16.2 Å². The van der Waals surface area contributed by atoms with Gasteiger partial charge in [-0.15, -0.1) is 0 Å². The highest BCUT2D eigenvalue weighted by Crippen LogP contribution is 2.28. The Morgan fingerprint density at radius 2 is 1.79 bits per heavy atom. The molecule has 1 aliphatic heterocycles. The number of urea groups is 1. The molecule has 1 aliphatic rings. The molecule has 7 nitrogen and oxygen atoms in total. The van der Waals surface area contributed by atoms with Gasteiger partial charge in [-0.25, -0.2) is 9.69 Å². The fraction of sp³-hybridized carbons (Fsp3) is 0.0800. The van der Waals surface area contributed by atoms with E-state index in [0.717, 1.165) is 10.5 Å². The number of halogens is 1. The van der Waals surface area contributed by atoms with Crippen molar-refractivity contribution in [1.29, 1.82) is 0 Å². The molecule has 1 fully saturated rings. The molecule has 3 aromatic carbocycles. The Kier molecular flexibility index (Phi) is 6.55. The minimum atomic E-state index is -0.504. The lowest BCUT2D eigenvalue weighted by molar-refractivity contribution is -0.118. The zero-order valence-electron chi connectivity index (χ0n) is 17.7. The van der Waals surface area contributed by atoms with E-state index >= 15 is 0 Å². The summed E-state index contributed by atoms with van der Waals surface area (Å²) in [4.78, 5) is 38.2. The highest BCUT2D eigenvalue weighted by Gasteiger charge is 2.34. The molecular weight excluding hydrogens is 486 g/mol. The number of para-hydroxylation sites is 1. The van der Waals surface area contributed by atoms with Gasteiger partial charge in [0.25, 0.3) is 11.8 Å². The van der Waals surface area contributed by atoms with Crippen LogP contribution >= 0.6 is 15.9 Å². The van der Waals surface area contributed by atoms with Gasteiger partial charge in [0.15, 0.2) is 6.61 Å². The number of hydrogen-bond acceptors (Lipinski definition) is 4. The van der Waals surface area contributed by atoms with Gasteiger partial charge in [-0.3, -0.25) is 9.59 Å². The van der Waals surface area contributed by atoms with E-state index in [0.29, 0.717) is 27.2 Å². The summed E-state index contributed by atoms with van der Waals surface area (Å²) in [5, 5.41) is 5.37. The van der Waals surface area contributed by atoms with E-state index in [9.17, 15) is 14.4 Å². The summed E-state index contributed by atoms with van der Waals surface area (Å²) in [5.74, 6) is -0.239. The van der Waals surface area contributed by atoms with Crippen LogP contribution in [0.15, 0.2) is 83.0 Å². The Bertz CT molecular complexity index is 1240. The Morgan fingerprint density at radius 3 is 2.48 bits per heavy atom. The van der Waals surface area contributed by atoms with Gasteiger partial charge in [0.1, 0.15) is 11.4 Å². The second kappa shape index (κ2) is 9.70. The standard InChI is InChI=1S/C25H20BrN3O4/c1-16-7-10-18(11-8-16)27-23(30)15-33-22-12-9-17(13-20(22)26)14-21-24(31)29(25(32)28-21)19-5-3-2-4-6-19/h2-14H,15H2,1H3,(H,27,30)(H,28,32). The summed E-state index contributed by atoms with van der Waals surface area (Å²) < 4.78 is 6.22. The topological polar surface area (TPSA) is 87.7 Å². The predicted molar refractivity (Wildman–Crippen MR) is 130 cm³/mol. The number of carbonyl (C=O) groups is 3. The lowest BCUT2D eigenvalue weighted by Gasteiger charge is -2.11. The molecule has 0 unspecified atom stereocenters. The molecular formula is C25H20BrN3O4. The van der Waals surface area contributed by atoms with Gasteiger partial charge in [-0.2, -0.15) is 0 Å². The van der Waals surface area contributed by atoms with Crippen molar-refractivity contribution >= 4 is 51.2 Å². The highest BCUT2D eigenvalue weighted by atomic mass is 79.9. The number of benzene rings is 3. The van der Waals surface area contributed by atoms with Gasteiger partial charge in [-0.05, 0) is 70.9 Å². The lowest BCUT2D eigenvalue weighted by atomic mass is 10.2. The number of rotatable bonds is 6. The maximum absolute atomic E-state index is 12.7. The van der Waals surface area contributed by atoms with E-state index in [4.69, 9.17) is 4.74 Å². The Labute approximate surface area is 199 Å². The summed E-state index contributed by atoms with van der Waals surface area (Å²) in [6, 6.07) is 20.8. The van der Waals surface area contributed by atoms with Crippen LogP contribution in [0.25, 0.3) is 6.08 Å². The fourth-order valence-corrected chi connectivity index (χ4v) is 3.73. The predicted octanol–water partition coefficient (Wildman–Crippen LogP) is 4.87. The highest BCUT2D eigenvalue weighted by molar-refractivity contribution is 9.10. The molecule has 33 heavy (non-hydrogen) atoms. The van der Waals surface area contributed by atoms with Crippen LogP contribution in [0, 0.1) is 6.92 Å². The van der Waals surface area contributed by atoms with Crippen molar-refractivity contribution < 1.29 is 19.1 Å². The van der Waals surface area contributed by atoms with Crippen molar-refractivity contribution in [3.8, 4) is 5.75 Å². The normalized spacial score (nSPS) is 14.4. The Hall–Kier alpha value is -3.91. The molecule has 0 radical (unpaired) electrons. The van der Waals surface area contributed by atoms with Crippen LogP contribution in [-0.2, 0) is 9.59 Å². The third-order valence-corrected chi connectivity index (χ3v) is 5.47. The fourth-order valence-electron chi connectivity index (χ4n) is 3.21. The molecule has 0 atom stereocenters. The van der Waals surface area contributed by atoms with E-state index in [-0.39, 0.29) is 18.2 Å². The quantitative estimate of drug-likeness (QED) is 0.369. The van der Waals surface area contributed by atoms with Gasteiger partial charge in [0, 0.05) is 5.69 Å². The molecule has 0 bridgehead atoms. The summed E-state index contributed by atoms with van der Waals surface area (Å²) in [5.41, 5.74) is 3.15. The number of anilines is 2. The molecule has 8 heteroatoms. The molecule has 166 valence electrons. The van der Waals surface area contributed by atoms with Gasteiger partial charge < -0.3 is 15.4 Å². The van der Waals surface area contributed by atoms with Crippen LogP contribution in [0.5, 0.6) is 5.75 Å². The van der Waals surface area contributed by atoms with Crippen LogP contribution in [0.2, 0.25) is 0 Å². The number of nitrogens with zero attached hydrogens (tertiary/aromatic N) is 1. The number of imide groups is 1. The average molecular weight is 506 g/mol. The second-order valence-electron chi connectivity index (χ2n) is 7.36. The van der Waals surface area contributed by atoms with Crippen molar-refractivity contribution in [1.82, 2.24) is 5.32 Å². The van der Waals surface area contributed by atoms with Crippen LogP contribution in [0.3, 0.4) is 0 Å². The first kappa shape index (κ1) is 22.3. The molecule has 1 heterocycles. The Morgan fingerprint density at radius 1 is 1.06 bits per heavy atom. The monoisotopic (exact) mass is 505 g/mol. The van der Waals surface area contributed by atoms with Crippen molar-refractivity contribution in [2.75, 3.05) is 16.8 Å². The molecule has 4 rings (SSSR count). The summed E-state index contributed by atoms with van der Waals surface area (Å²) in [7, 11) is 0. The van der Waals surface area contributed by atoms with E-state index in [1.165, 1.54) is 0 Å². The zero-order valence-corrected chi connectivity index (χ0v) is 19.3. The zero-order chi connectivity index (χ0) is 23.4. The lowest BCUT2D eigenvalue weighted by Crippen LogP contribution is -2.30. The third-order valence-electron chi connectivity index (χ3n) is 4.85. The molecule has 0 aromatic heterocycles. The number of nitrogens with one attached hydrogen (secondary N) is 2. The smallest absolute Gasteiger partial charge is 0.333 e. The maximum atomic E-state index is 12.7. The summed E-state index contributed by atoms with van der Waals surface area (Å²) in [6.07, 6.45) is 1.59. The van der Waals surface area contributed by atoms with Gasteiger partial charge in [-0.1, -0.05) is 42.0 Å². The molecule has 0 spiro atoms. The van der Waals surface area contributed by atoms with Crippen LogP contribution < -0.4 is 20.3 Å². The minimum absolute atomic E-state index is 0.159. The van der Waals surface area contributed by atoms with Crippen molar-refractivity contribution in [2.45, 2.75) is 6.92 Å². The molecule has 0 aliphatic carbocycles. The largest absolute Gasteiger partial charge is 0.483 e. The van der Waals surface area contributed by atoms with Gasteiger partial charge >= 0.3 is 6.03 Å². The number of carbonyl (C=O) groups excluding carboxylic acids is 3. The van der Waals surface area contributed by atoms with Crippen molar-refractivity contribution in [3.63, 3.8) is 0 Å². The first-order valence-corrected chi connectivity index (χ1v) is 10.9.